The van der Waals surface area contributed by atoms with Gasteiger partial charge in [-0.05, 0) is 38.4 Å². The Morgan fingerprint density at radius 2 is 2.28 bits per heavy atom. The van der Waals surface area contributed by atoms with Gasteiger partial charge in [0.05, 0.1) is 30.1 Å². The van der Waals surface area contributed by atoms with Crippen molar-refractivity contribution in [1.29, 1.82) is 0 Å². The summed E-state index contributed by atoms with van der Waals surface area (Å²) in [7, 11) is 1.96. The van der Waals surface area contributed by atoms with Crippen molar-refractivity contribution in [2.45, 2.75) is 44.4 Å². The first-order valence-corrected chi connectivity index (χ1v) is 9.01. The molecule has 0 radical (unpaired) electrons. The molecule has 0 aliphatic carbocycles. The van der Waals surface area contributed by atoms with Crippen LogP contribution in [0.25, 0.3) is 0 Å². The highest BCUT2D eigenvalue weighted by Crippen LogP contribution is 2.36. The van der Waals surface area contributed by atoms with E-state index in [1.165, 1.54) is 12.0 Å². The molecule has 0 unspecified atom stereocenters. The summed E-state index contributed by atoms with van der Waals surface area (Å²) in [5, 5.41) is 16.1. The van der Waals surface area contributed by atoms with Crippen LogP contribution < -0.4 is 5.32 Å². The van der Waals surface area contributed by atoms with Crippen molar-refractivity contribution in [2.24, 2.45) is 7.05 Å². The van der Waals surface area contributed by atoms with Crippen molar-refractivity contribution in [1.82, 2.24) is 24.9 Å². The van der Waals surface area contributed by atoms with Crippen molar-refractivity contribution in [2.75, 3.05) is 25.0 Å². The summed E-state index contributed by atoms with van der Waals surface area (Å²) in [6.07, 6.45) is 7.38. The first-order chi connectivity index (χ1) is 12.1. The van der Waals surface area contributed by atoms with Crippen LogP contribution in [0.15, 0.2) is 24.5 Å². The van der Waals surface area contributed by atoms with Gasteiger partial charge in [-0.2, -0.15) is 10.2 Å². The molecule has 4 rings (SSSR count). The highest BCUT2D eigenvalue weighted by Gasteiger charge is 2.43. The summed E-state index contributed by atoms with van der Waals surface area (Å²) in [5.41, 5.74) is 2.17. The fraction of sp³-hybridized carbons (Fsp3) is 0.611. The van der Waals surface area contributed by atoms with E-state index in [1.54, 1.807) is 0 Å². The summed E-state index contributed by atoms with van der Waals surface area (Å²) < 4.78 is 8.15. The number of rotatable bonds is 4. The lowest BCUT2D eigenvalue weighted by molar-refractivity contribution is -0.0533. The molecular weight excluding hydrogens is 316 g/mol. The zero-order chi connectivity index (χ0) is 17.3. The van der Waals surface area contributed by atoms with E-state index in [9.17, 15) is 0 Å². The summed E-state index contributed by atoms with van der Waals surface area (Å²) in [6.45, 7) is 5.74. The molecule has 7 nitrogen and oxygen atoms in total. The molecule has 2 saturated heterocycles. The second kappa shape index (κ2) is 6.72. The minimum Gasteiger partial charge on any atom is -0.371 e. The molecule has 0 saturated carbocycles. The average molecular weight is 342 g/mol. The van der Waals surface area contributed by atoms with Crippen LogP contribution in [-0.4, -0.2) is 56.2 Å². The quantitative estimate of drug-likeness (QED) is 0.913. The second-order valence-corrected chi connectivity index (χ2v) is 7.44. The summed E-state index contributed by atoms with van der Waals surface area (Å²) in [6, 6.07) is 4.27. The maximum Gasteiger partial charge on any atom is 0.148 e. The Morgan fingerprint density at radius 3 is 3.04 bits per heavy atom. The van der Waals surface area contributed by atoms with E-state index in [-0.39, 0.29) is 5.60 Å². The minimum absolute atomic E-state index is 0.0315. The molecule has 2 fully saturated rings. The molecule has 1 spiro atoms. The van der Waals surface area contributed by atoms with Gasteiger partial charge in [0.2, 0.25) is 0 Å². The number of aromatic nitrogens is 4. The number of hydrogen-bond acceptors (Lipinski definition) is 6. The Balaban J connectivity index is 1.36. The molecule has 4 heterocycles. The third-order valence-electron chi connectivity index (χ3n) is 5.14. The second-order valence-electron chi connectivity index (χ2n) is 7.44. The smallest absolute Gasteiger partial charge is 0.148 e. The summed E-state index contributed by atoms with van der Waals surface area (Å²) in [4.78, 5) is 2.49. The maximum atomic E-state index is 6.29. The van der Waals surface area contributed by atoms with Crippen LogP contribution in [-0.2, 0) is 18.3 Å². The summed E-state index contributed by atoms with van der Waals surface area (Å²) >= 11 is 0. The topological polar surface area (TPSA) is 68.1 Å². The number of ether oxygens (including phenoxy) is 1. The largest absolute Gasteiger partial charge is 0.371 e. The molecule has 2 aromatic rings. The van der Waals surface area contributed by atoms with Gasteiger partial charge < -0.3 is 10.1 Å². The van der Waals surface area contributed by atoms with E-state index in [2.05, 4.69) is 31.7 Å². The lowest BCUT2D eigenvalue weighted by Crippen LogP contribution is -2.47. The Hall–Kier alpha value is -1.99. The lowest BCUT2D eigenvalue weighted by atomic mass is 9.88. The van der Waals surface area contributed by atoms with Crippen LogP contribution in [0.4, 0.5) is 5.82 Å². The van der Waals surface area contributed by atoms with Crippen molar-refractivity contribution < 1.29 is 4.74 Å². The predicted octanol–water partition coefficient (Wildman–Crippen LogP) is 1.75. The van der Waals surface area contributed by atoms with E-state index in [1.807, 2.05) is 37.0 Å². The molecule has 134 valence electrons. The fourth-order valence-corrected chi connectivity index (χ4v) is 4.04. The average Bonchev–Trinajstić information content (AvgIpc) is 3.16. The zero-order valence-electron chi connectivity index (χ0n) is 15.0. The van der Waals surface area contributed by atoms with Crippen LogP contribution in [0.3, 0.4) is 0 Å². The number of piperidine rings is 1. The van der Waals surface area contributed by atoms with Crippen molar-refractivity contribution >= 4 is 5.82 Å². The van der Waals surface area contributed by atoms with Gasteiger partial charge >= 0.3 is 0 Å². The van der Waals surface area contributed by atoms with Crippen LogP contribution in [0.5, 0.6) is 0 Å². The molecule has 2 aliphatic heterocycles. The van der Waals surface area contributed by atoms with Gasteiger partial charge in [0.25, 0.3) is 0 Å². The Kier molecular flexibility index (Phi) is 4.43. The highest BCUT2D eigenvalue weighted by molar-refractivity contribution is 5.34. The van der Waals surface area contributed by atoms with Crippen LogP contribution in [0.1, 0.15) is 30.5 Å². The predicted molar refractivity (Wildman–Crippen MR) is 95.2 cm³/mol. The summed E-state index contributed by atoms with van der Waals surface area (Å²) in [5.74, 6) is 0.833. The van der Waals surface area contributed by atoms with Crippen LogP contribution in [0.2, 0.25) is 0 Å². The molecule has 25 heavy (non-hydrogen) atoms. The minimum atomic E-state index is -0.0315. The molecule has 2 atom stereocenters. The number of aryl methyl sites for hydroxylation is 2. The molecule has 7 heteroatoms. The number of likely N-dealkylation sites (tertiary alicyclic amines) is 1. The van der Waals surface area contributed by atoms with Crippen LogP contribution >= 0.6 is 0 Å². The van der Waals surface area contributed by atoms with Crippen LogP contribution in [0, 0.1) is 6.92 Å². The first kappa shape index (κ1) is 16.5. The number of nitrogens with one attached hydrogen (secondary N) is 1. The molecule has 1 N–H and O–H groups in total. The molecule has 2 aliphatic rings. The Labute approximate surface area is 148 Å². The van der Waals surface area contributed by atoms with Gasteiger partial charge in [-0.25, -0.2) is 0 Å². The monoisotopic (exact) mass is 342 g/mol. The van der Waals surface area contributed by atoms with Gasteiger partial charge in [-0.1, -0.05) is 0 Å². The molecule has 2 aromatic heterocycles. The van der Waals surface area contributed by atoms with Crippen molar-refractivity contribution in [3.05, 3.63) is 35.8 Å². The van der Waals surface area contributed by atoms with Gasteiger partial charge in [0.1, 0.15) is 5.82 Å². The van der Waals surface area contributed by atoms with E-state index in [4.69, 9.17) is 4.74 Å². The first-order valence-electron chi connectivity index (χ1n) is 9.01. The molecule has 0 amide bonds. The Morgan fingerprint density at radius 1 is 1.36 bits per heavy atom. The van der Waals surface area contributed by atoms with E-state index < -0.39 is 0 Å². The Bertz CT molecular complexity index is 715. The standard InChI is InChI=1S/C18H26N6O/c1-14-4-5-17(22-21-14)20-16-8-18(25-12-16)6-3-7-24(13-18)11-15-9-19-23(2)10-15/h4-5,9-10,16H,3,6-8,11-13H2,1-2H3,(H,20,22)/t16-,18-/m0/s1. The third-order valence-corrected chi connectivity index (χ3v) is 5.14. The van der Waals surface area contributed by atoms with Gasteiger partial charge in [0, 0.05) is 38.3 Å². The van der Waals surface area contributed by atoms with E-state index >= 15 is 0 Å². The SMILES string of the molecule is Cc1ccc(N[C@@H]2CO[C@@]3(CCCN(Cc4cnn(C)c4)C3)C2)nn1. The molecule has 0 aromatic carbocycles. The van der Waals surface area contributed by atoms with Gasteiger partial charge in [-0.15, -0.1) is 5.10 Å². The maximum absolute atomic E-state index is 6.29. The van der Waals surface area contributed by atoms with Crippen molar-refractivity contribution in [3.8, 4) is 0 Å². The number of anilines is 1. The highest BCUT2D eigenvalue weighted by atomic mass is 16.5. The van der Waals surface area contributed by atoms with E-state index in [0.717, 1.165) is 50.6 Å². The third kappa shape index (κ3) is 3.82. The van der Waals surface area contributed by atoms with Crippen molar-refractivity contribution in [3.63, 3.8) is 0 Å². The number of nitrogens with zero attached hydrogens (tertiary/aromatic N) is 5. The fourth-order valence-electron chi connectivity index (χ4n) is 4.04. The molecule has 0 bridgehead atoms. The van der Waals surface area contributed by atoms with E-state index in [0.29, 0.717) is 6.04 Å². The normalized spacial score (nSPS) is 27.0. The van der Waals surface area contributed by atoms with Gasteiger partial charge in [-0.3, -0.25) is 9.58 Å². The van der Waals surface area contributed by atoms with Gasteiger partial charge in [0.15, 0.2) is 0 Å². The number of hydrogen-bond donors (Lipinski definition) is 1. The molecular formula is C18H26N6O. The lowest BCUT2D eigenvalue weighted by Gasteiger charge is -2.39. The zero-order valence-corrected chi connectivity index (χ0v) is 15.0.